The molecule has 92 valence electrons. The maximum Gasteiger partial charge on any atom is 0.0457 e. The van der Waals surface area contributed by atoms with E-state index in [1.807, 2.05) is 0 Å². The predicted octanol–water partition coefficient (Wildman–Crippen LogP) is 4.28. The second kappa shape index (κ2) is 5.26. The van der Waals surface area contributed by atoms with Crippen LogP contribution >= 0.6 is 27.3 Å². The smallest absolute Gasteiger partial charge is 0.0457 e. The van der Waals surface area contributed by atoms with Crippen molar-refractivity contribution < 1.29 is 0 Å². The van der Waals surface area contributed by atoms with Crippen molar-refractivity contribution in [2.24, 2.45) is 0 Å². The molecule has 2 N–H and O–H groups in total. The van der Waals surface area contributed by atoms with Crippen molar-refractivity contribution in [1.82, 2.24) is 10.3 Å². The Morgan fingerprint density at radius 2 is 2.06 bits per heavy atom. The Hall–Kier alpha value is -1.10. The van der Waals surface area contributed by atoms with Crippen molar-refractivity contribution in [3.05, 3.63) is 56.8 Å². The molecular weight excluding hydrogens is 308 g/mol. The summed E-state index contributed by atoms with van der Waals surface area (Å²) in [6, 6.07) is 10.5. The molecule has 0 saturated carbocycles. The average molecular weight is 321 g/mol. The second-order valence-corrected chi connectivity index (χ2v) is 6.01. The molecule has 0 unspecified atom stereocenters. The van der Waals surface area contributed by atoms with Crippen LogP contribution in [0.3, 0.4) is 0 Å². The van der Waals surface area contributed by atoms with Crippen LogP contribution in [0.15, 0.2) is 46.4 Å². The Bertz CT molecular complexity index is 656. The van der Waals surface area contributed by atoms with Crippen LogP contribution in [0.25, 0.3) is 10.9 Å². The van der Waals surface area contributed by atoms with E-state index in [9.17, 15) is 0 Å². The fourth-order valence-corrected chi connectivity index (χ4v) is 3.50. The van der Waals surface area contributed by atoms with Gasteiger partial charge in [-0.3, -0.25) is 0 Å². The van der Waals surface area contributed by atoms with Gasteiger partial charge in [0.25, 0.3) is 0 Å². The molecule has 2 aromatic heterocycles. The molecule has 0 aliphatic heterocycles. The molecule has 3 aromatic rings. The molecule has 2 heterocycles. The molecule has 0 atom stereocenters. The summed E-state index contributed by atoms with van der Waals surface area (Å²) in [5.74, 6) is 0. The zero-order valence-corrected chi connectivity index (χ0v) is 12.1. The number of fused-ring (bicyclic) bond motifs is 1. The van der Waals surface area contributed by atoms with E-state index in [0.29, 0.717) is 0 Å². The number of para-hydroxylation sites is 1. The summed E-state index contributed by atoms with van der Waals surface area (Å²) >= 11 is 5.32. The Balaban J connectivity index is 1.68. The van der Waals surface area contributed by atoms with Crippen LogP contribution in [0, 0.1) is 0 Å². The van der Waals surface area contributed by atoms with Crippen molar-refractivity contribution in [2.75, 3.05) is 0 Å². The normalized spacial score (nSPS) is 11.2. The van der Waals surface area contributed by atoms with Crippen LogP contribution < -0.4 is 5.32 Å². The summed E-state index contributed by atoms with van der Waals surface area (Å²) in [6.45, 7) is 1.78. The van der Waals surface area contributed by atoms with Crippen LogP contribution in [0.5, 0.6) is 0 Å². The molecule has 0 bridgehead atoms. The van der Waals surface area contributed by atoms with E-state index in [0.717, 1.165) is 13.1 Å². The van der Waals surface area contributed by atoms with Crippen molar-refractivity contribution in [3.63, 3.8) is 0 Å². The van der Waals surface area contributed by atoms with E-state index in [4.69, 9.17) is 0 Å². The first-order valence-electron chi connectivity index (χ1n) is 5.82. The minimum Gasteiger partial charge on any atom is -0.361 e. The number of H-pyrrole nitrogens is 1. The molecule has 0 fully saturated rings. The van der Waals surface area contributed by atoms with Gasteiger partial charge in [0.05, 0.1) is 0 Å². The Labute approximate surface area is 118 Å². The number of aromatic nitrogens is 1. The van der Waals surface area contributed by atoms with E-state index < -0.39 is 0 Å². The second-order valence-electron chi connectivity index (χ2n) is 4.15. The predicted molar refractivity (Wildman–Crippen MR) is 80.9 cm³/mol. The van der Waals surface area contributed by atoms with E-state index in [2.05, 4.69) is 68.1 Å². The summed E-state index contributed by atoms with van der Waals surface area (Å²) in [7, 11) is 0. The SMILES string of the molecule is Brc1ccsc1CNCc1c[nH]c2ccccc12. The third kappa shape index (κ3) is 2.36. The Morgan fingerprint density at radius 3 is 2.89 bits per heavy atom. The fourth-order valence-electron chi connectivity index (χ4n) is 2.04. The van der Waals surface area contributed by atoms with Gasteiger partial charge in [-0.15, -0.1) is 11.3 Å². The first-order chi connectivity index (χ1) is 8.84. The lowest BCUT2D eigenvalue weighted by molar-refractivity contribution is 0.702. The molecule has 2 nitrogen and oxygen atoms in total. The van der Waals surface area contributed by atoms with Crippen molar-refractivity contribution in [1.29, 1.82) is 0 Å². The highest BCUT2D eigenvalue weighted by atomic mass is 79.9. The van der Waals surface area contributed by atoms with Crippen LogP contribution in [0.4, 0.5) is 0 Å². The number of aromatic amines is 1. The van der Waals surface area contributed by atoms with Gasteiger partial charge >= 0.3 is 0 Å². The number of benzene rings is 1. The zero-order chi connectivity index (χ0) is 12.4. The summed E-state index contributed by atoms with van der Waals surface area (Å²) in [5, 5.41) is 6.89. The number of rotatable bonds is 4. The molecule has 0 saturated heterocycles. The largest absolute Gasteiger partial charge is 0.361 e. The van der Waals surface area contributed by atoms with Crippen molar-refractivity contribution in [2.45, 2.75) is 13.1 Å². The maximum absolute atomic E-state index is 3.55. The number of hydrogen-bond acceptors (Lipinski definition) is 2. The third-order valence-corrected chi connectivity index (χ3v) is 4.89. The average Bonchev–Trinajstić information content (AvgIpc) is 2.97. The molecule has 18 heavy (non-hydrogen) atoms. The lowest BCUT2D eigenvalue weighted by Crippen LogP contribution is -2.11. The molecule has 3 rings (SSSR count). The molecule has 0 amide bonds. The van der Waals surface area contributed by atoms with E-state index >= 15 is 0 Å². The quantitative estimate of drug-likeness (QED) is 0.737. The highest BCUT2D eigenvalue weighted by Crippen LogP contribution is 2.22. The van der Waals surface area contributed by atoms with E-state index in [1.54, 1.807) is 11.3 Å². The molecule has 1 aromatic carbocycles. The molecule has 0 aliphatic carbocycles. The van der Waals surface area contributed by atoms with Gasteiger partial charge in [0.2, 0.25) is 0 Å². The maximum atomic E-state index is 3.55. The van der Waals surface area contributed by atoms with E-state index in [-0.39, 0.29) is 0 Å². The Kier molecular flexibility index (Phi) is 3.50. The highest BCUT2D eigenvalue weighted by Gasteiger charge is 2.04. The Morgan fingerprint density at radius 1 is 1.17 bits per heavy atom. The topological polar surface area (TPSA) is 27.8 Å². The molecule has 0 spiro atoms. The lowest BCUT2D eigenvalue weighted by atomic mass is 10.2. The van der Waals surface area contributed by atoms with Crippen molar-refractivity contribution in [3.8, 4) is 0 Å². The lowest BCUT2D eigenvalue weighted by Gasteiger charge is -2.03. The van der Waals surface area contributed by atoms with E-state index in [1.165, 1.54) is 25.8 Å². The minimum absolute atomic E-state index is 0.883. The summed E-state index contributed by atoms with van der Waals surface area (Å²) in [4.78, 5) is 4.64. The standard InChI is InChI=1S/C14H13BrN2S/c15-12-5-6-18-14(12)9-16-7-10-8-17-13-4-2-1-3-11(10)13/h1-6,8,16-17H,7,9H2. The van der Waals surface area contributed by atoms with Gasteiger partial charge in [0, 0.05) is 39.5 Å². The van der Waals surface area contributed by atoms with Gasteiger partial charge in [-0.05, 0) is 39.0 Å². The number of thiophene rings is 1. The summed E-state index contributed by atoms with van der Waals surface area (Å²) < 4.78 is 1.19. The fraction of sp³-hybridized carbons (Fsp3) is 0.143. The molecule has 0 radical (unpaired) electrons. The monoisotopic (exact) mass is 320 g/mol. The summed E-state index contributed by atoms with van der Waals surface area (Å²) in [5.41, 5.74) is 2.52. The first-order valence-corrected chi connectivity index (χ1v) is 7.49. The number of halogens is 1. The number of hydrogen-bond donors (Lipinski definition) is 2. The van der Waals surface area contributed by atoms with Crippen LogP contribution in [-0.4, -0.2) is 4.98 Å². The molecular formula is C14H13BrN2S. The summed E-state index contributed by atoms with van der Waals surface area (Å²) in [6.07, 6.45) is 2.08. The zero-order valence-electron chi connectivity index (χ0n) is 9.74. The van der Waals surface area contributed by atoms with Crippen LogP contribution in [0.2, 0.25) is 0 Å². The highest BCUT2D eigenvalue weighted by molar-refractivity contribution is 9.10. The van der Waals surface area contributed by atoms with Gasteiger partial charge in [-0.25, -0.2) is 0 Å². The van der Waals surface area contributed by atoms with Gasteiger partial charge in [0.15, 0.2) is 0 Å². The van der Waals surface area contributed by atoms with Crippen molar-refractivity contribution >= 4 is 38.2 Å². The first kappa shape index (κ1) is 12.0. The van der Waals surface area contributed by atoms with Gasteiger partial charge in [-0.2, -0.15) is 0 Å². The third-order valence-electron chi connectivity index (χ3n) is 2.97. The van der Waals surface area contributed by atoms with Crippen LogP contribution in [0.1, 0.15) is 10.4 Å². The molecule has 4 heteroatoms. The van der Waals surface area contributed by atoms with Gasteiger partial charge in [0.1, 0.15) is 0 Å². The molecule has 0 aliphatic rings. The van der Waals surface area contributed by atoms with Gasteiger partial charge < -0.3 is 10.3 Å². The van der Waals surface area contributed by atoms with Crippen LogP contribution in [-0.2, 0) is 13.1 Å². The van der Waals surface area contributed by atoms with Gasteiger partial charge in [-0.1, -0.05) is 18.2 Å². The number of nitrogens with one attached hydrogen (secondary N) is 2. The minimum atomic E-state index is 0.883.